The topological polar surface area (TPSA) is 64.7 Å². The molecule has 6 heteroatoms. The van der Waals surface area contributed by atoms with Crippen LogP contribution in [0.5, 0.6) is 0 Å². The number of rotatable bonds is 4. The van der Waals surface area contributed by atoms with Crippen LogP contribution in [0.3, 0.4) is 0 Å². The summed E-state index contributed by atoms with van der Waals surface area (Å²) in [6, 6.07) is 8.23. The molecule has 158 valence electrons. The Morgan fingerprint density at radius 2 is 1.90 bits per heavy atom. The molecule has 3 saturated heterocycles. The Morgan fingerprint density at radius 3 is 2.55 bits per heavy atom. The Balaban J connectivity index is 1.32. The van der Waals surface area contributed by atoms with Crippen LogP contribution in [-0.2, 0) is 11.3 Å². The van der Waals surface area contributed by atoms with Crippen molar-refractivity contribution >= 4 is 11.9 Å². The summed E-state index contributed by atoms with van der Waals surface area (Å²) in [4.78, 5) is 29.6. The highest BCUT2D eigenvalue weighted by molar-refractivity contribution is 5.84. The van der Waals surface area contributed by atoms with Crippen LogP contribution in [0.2, 0.25) is 0 Å². The molecule has 3 aliphatic rings. The smallest absolute Gasteiger partial charge is 0.317 e. The molecule has 0 aliphatic carbocycles. The minimum Gasteiger partial charge on any atom is -0.350 e. The molecule has 3 heterocycles. The van der Waals surface area contributed by atoms with E-state index in [1.54, 1.807) is 0 Å². The normalized spacial score (nSPS) is 26.1. The highest BCUT2D eigenvalue weighted by Gasteiger charge is 2.57. The molecule has 4 rings (SSSR count). The van der Waals surface area contributed by atoms with Crippen LogP contribution < -0.4 is 10.6 Å². The SMILES string of the molecule is Cc1ccc(CNC(=O)N2CCC3(CC2)NC(=O)[C@@H]2CN(CC(C)C)C[C@@H]23)cc1. The Labute approximate surface area is 174 Å². The fourth-order valence-electron chi connectivity index (χ4n) is 5.41. The zero-order valence-corrected chi connectivity index (χ0v) is 17.9. The van der Waals surface area contributed by atoms with E-state index in [2.05, 4.69) is 60.6 Å². The second kappa shape index (κ2) is 7.98. The molecule has 1 aromatic rings. The number of nitrogens with one attached hydrogen (secondary N) is 2. The molecule has 0 radical (unpaired) electrons. The first-order valence-electron chi connectivity index (χ1n) is 11.0. The largest absolute Gasteiger partial charge is 0.350 e. The van der Waals surface area contributed by atoms with Gasteiger partial charge in [0.05, 0.1) is 5.92 Å². The van der Waals surface area contributed by atoms with E-state index in [-0.39, 0.29) is 23.4 Å². The van der Waals surface area contributed by atoms with Crippen molar-refractivity contribution in [3.05, 3.63) is 35.4 Å². The molecule has 6 nitrogen and oxygen atoms in total. The summed E-state index contributed by atoms with van der Waals surface area (Å²) in [5.74, 6) is 1.34. The quantitative estimate of drug-likeness (QED) is 0.818. The summed E-state index contributed by atoms with van der Waals surface area (Å²) in [6.07, 6.45) is 1.71. The van der Waals surface area contributed by atoms with E-state index in [0.29, 0.717) is 31.5 Å². The Morgan fingerprint density at radius 1 is 1.21 bits per heavy atom. The Bertz CT molecular complexity index is 753. The van der Waals surface area contributed by atoms with Gasteiger partial charge in [-0.1, -0.05) is 43.7 Å². The van der Waals surface area contributed by atoms with Crippen LogP contribution in [0.15, 0.2) is 24.3 Å². The van der Waals surface area contributed by atoms with E-state index in [4.69, 9.17) is 0 Å². The molecule has 3 amide bonds. The van der Waals surface area contributed by atoms with Gasteiger partial charge in [-0.05, 0) is 31.2 Å². The van der Waals surface area contributed by atoms with E-state index in [9.17, 15) is 9.59 Å². The molecule has 3 fully saturated rings. The molecule has 0 saturated carbocycles. The second-order valence-electron chi connectivity index (χ2n) is 9.60. The molecule has 0 bridgehead atoms. The molecule has 0 aromatic heterocycles. The van der Waals surface area contributed by atoms with Crippen molar-refractivity contribution in [2.45, 2.75) is 45.7 Å². The standard InChI is InChI=1S/C23H34N4O2/c1-16(2)13-26-14-19-20(15-26)23(25-21(19)28)8-10-27(11-9-23)22(29)24-12-18-6-4-17(3)5-7-18/h4-7,16,19-20H,8-15H2,1-3H3,(H,24,29)(H,25,28)/t19-,20+/m1/s1. The first-order chi connectivity index (χ1) is 13.9. The summed E-state index contributed by atoms with van der Waals surface area (Å²) in [7, 11) is 0. The van der Waals surface area contributed by atoms with Crippen molar-refractivity contribution < 1.29 is 9.59 Å². The molecular weight excluding hydrogens is 364 g/mol. The lowest BCUT2D eigenvalue weighted by atomic mass is 9.75. The Hall–Kier alpha value is -2.08. The number of carbonyl (C=O) groups excluding carboxylic acids is 2. The van der Waals surface area contributed by atoms with Gasteiger partial charge in [-0.2, -0.15) is 0 Å². The van der Waals surface area contributed by atoms with Crippen LogP contribution >= 0.6 is 0 Å². The first-order valence-corrected chi connectivity index (χ1v) is 11.0. The second-order valence-corrected chi connectivity index (χ2v) is 9.60. The molecule has 3 aliphatic heterocycles. The van der Waals surface area contributed by atoms with Crippen molar-refractivity contribution in [2.75, 3.05) is 32.7 Å². The van der Waals surface area contributed by atoms with Crippen molar-refractivity contribution in [3.8, 4) is 0 Å². The lowest BCUT2D eigenvalue weighted by Gasteiger charge is -2.42. The average molecular weight is 399 g/mol. The number of aryl methyl sites for hydroxylation is 1. The summed E-state index contributed by atoms with van der Waals surface area (Å²) in [5, 5.41) is 6.39. The average Bonchev–Trinajstić information content (AvgIpc) is 3.21. The number of urea groups is 1. The highest BCUT2D eigenvalue weighted by Crippen LogP contribution is 2.44. The first kappa shape index (κ1) is 20.2. The maximum atomic E-state index is 12.6. The molecule has 29 heavy (non-hydrogen) atoms. The summed E-state index contributed by atoms with van der Waals surface area (Å²) < 4.78 is 0. The van der Waals surface area contributed by atoms with Crippen molar-refractivity contribution in [1.29, 1.82) is 0 Å². The zero-order chi connectivity index (χ0) is 20.6. The van der Waals surface area contributed by atoms with Gasteiger partial charge < -0.3 is 20.4 Å². The lowest BCUT2D eigenvalue weighted by Crippen LogP contribution is -2.57. The minimum atomic E-state index is -0.124. The fourth-order valence-corrected chi connectivity index (χ4v) is 5.41. The molecule has 1 aromatic carbocycles. The van der Waals surface area contributed by atoms with Gasteiger partial charge in [-0.3, -0.25) is 4.79 Å². The Kier molecular flexibility index (Phi) is 5.56. The van der Waals surface area contributed by atoms with Crippen molar-refractivity contribution in [3.63, 3.8) is 0 Å². The molecule has 1 spiro atoms. The van der Waals surface area contributed by atoms with Crippen LogP contribution in [0.1, 0.15) is 37.8 Å². The van der Waals surface area contributed by atoms with E-state index in [0.717, 1.165) is 38.0 Å². The monoisotopic (exact) mass is 398 g/mol. The number of nitrogens with zero attached hydrogens (tertiary/aromatic N) is 2. The number of benzene rings is 1. The van der Waals surface area contributed by atoms with Gasteiger partial charge in [-0.15, -0.1) is 0 Å². The van der Waals surface area contributed by atoms with Crippen LogP contribution in [0, 0.1) is 24.7 Å². The summed E-state index contributed by atoms with van der Waals surface area (Å²) in [5.41, 5.74) is 2.21. The zero-order valence-electron chi connectivity index (χ0n) is 17.9. The van der Waals surface area contributed by atoms with Gasteiger partial charge in [0.2, 0.25) is 5.91 Å². The van der Waals surface area contributed by atoms with Crippen molar-refractivity contribution in [1.82, 2.24) is 20.4 Å². The molecule has 2 N–H and O–H groups in total. The number of hydrogen-bond acceptors (Lipinski definition) is 3. The van der Waals surface area contributed by atoms with E-state index in [1.165, 1.54) is 5.56 Å². The van der Waals surface area contributed by atoms with Gasteiger partial charge >= 0.3 is 6.03 Å². The van der Waals surface area contributed by atoms with Crippen LogP contribution in [-0.4, -0.2) is 60.0 Å². The number of amides is 3. The van der Waals surface area contributed by atoms with E-state index >= 15 is 0 Å². The van der Waals surface area contributed by atoms with Crippen molar-refractivity contribution in [2.24, 2.45) is 17.8 Å². The maximum Gasteiger partial charge on any atom is 0.317 e. The van der Waals surface area contributed by atoms with Crippen LogP contribution in [0.4, 0.5) is 4.79 Å². The van der Waals surface area contributed by atoms with Gasteiger partial charge in [0.1, 0.15) is 0 Å². The third-order valence-corrected chi connectivity index (χ3v) is 6.94. The van der Waals surface area contributed by atoms with Gasteiger partial charge in [0.15, 0.2) is 0 Å². The predicted molar refractivity (Wildman–Crippen MR) is 113 cm³/mol. The maximum absolute atomic E-state index is 12.6. The van der Waals surface area contributed by atoms with Gasteiger partial charge in [-0.25, -0.2) is 4.79 Å². The number of likely N-dealkylation sites (tertiary alicyclic amines) is 2. The van der Waals surface area contributed by atoms with E-state index < -0.39 is 0 Å². The molecular formula is C23H34N4O2. The van der Waals surface area contributed by atoms with Gasteiger partial charge in [0, 0.05) is 50.7 Å². The number of hydrogen-bond donors (Lipinski definition) is 2. The molecule has 2 atom stereocenters. The van der Waals surface area contributed by atoms with Gasteiger partial charge in [0.25, 0.3) is 0 Å². The highest BCUT2D eigenvalue weighted by atomic mass is 16.2. The van der Waals surface area contributed by atoms with E-state index in [1.807, 2.05) is 4.90 Å². The fraction of sp³-hybridized carbons (Fsp3) is 0.652. The third kappa shape index (κ3) is 4.13. The molecule has 0 unspecified atom stereocenters. The third-order valence-electron chi connectivity index (χ3n) is 6.94. The summed E-state index contributed by atoms with van der Waals surface area (Å²) >= 11 is 0. The minimum absolute atomic E-state index is 0.00541. The lowest BCUT2D eigenvalue weighted by molar-refractivity contribution is -0.123. The number of piperidine rings is 1. The predicted octanol–water partition coefficient (Wildman–Crippen LogP) is 2.37. The number of carbonyl (C=O) groups is 2. The summed E-state index contributed by atoms with van der Waals surface area (Å²) in [6.45, 7) is 11.4. The van der Waals surface area contributed by atoms with Crippen LogP contribution in [0.25, 0.3) is 0 Å². The number of fused-ring (bicyclic) bond motifs is 2.